The number of ether oxygens (including phenoxy) is 1. The lowest BCUT2D eigenvalue weighted by Crippen LogP contribution is -2.05. The average molecular weight is 337 g/mol. The molecule has 0 saturated carbocycles. The maximum atomic E-state index is 12.1. The first-order valence-electron chi connectivity index (χ1n) is 7.04. The van der Waals surface area contributed by atoms with Gasteiger partial charge in [0.1, 0.15) is 0 Å². The van der Waals surface area contributed by atoms with Crippen molar-refractivity contribution in [3.8, 4) is 0 Å². The first kappa shape index (κ1) is 17.2. The zero-order valence-electron chi connectivity index (χ0n) is 13.3. The van der Waals surface area contributed by atoms with Crippen molar-refractivity contribution < 1.29 is 22.1 Å². The Hall–Kier alpha value is -2.12. The molecule has 2 aromatic heterocycles. The van der Waals surface area contributed by atoms with E-state index in [9.17, 15) is 13.2 Å². The maximum Gasteiger partial charge on any atom is 0.340 e. The summed E-state index contributed by atoms with van der Waals surface area (Å²) in [5.74, 6) is -0.414. The Morgan fingerprint density at radius 1 is 1.30 bits per heavy atom. The number of carbonyl (C=O) groups excluding carboxylic acids is 1. The molecule has 7 heteroatoms. The van der Waals surface area contributed by atoms with Crippen LogP contribution in [0.25, 0.3) is 11.1 Å². The van der Waals surface area contributed by atoms with Crippen molar-refractivity contribution in [3.05, 3.63) is 47.8 Å². The molecule has 2 rings (SSSR count). The minimum atomic E-state index is -3.51. The van der Waals surface area contributed by atoms with Crippen LogP contribution in [0.5, 0.6) is 0 Å². The van der Waals surface area contributed by atoms with Gasteiger partial charge >= 0.3 is 5.97 Å². The molecule has 0 spiro atoms. The third kappa shape index (κ3) is 4.00. The van der Waals surface area contributed by atoms with Crippen molar-refractivity contribution >= 4 is 27.2 Å². The van der Waals surface area contributed by atoms with Crippen molar-refractivity contribution in [2.75, 3.05) is 12.9 Å². The first-order valence-corrected chi connectivity index (χ1v) is 8.85. The predicted molar refractivity (Wildman–Crippen MR) is 87.7 cm³/mol. The molecule has 2 aromatic rings. The third-order valence-electron chi connectivity index (χ3n) is 3.19. The number of esters is 1. The highest BCUT2D eigenvalue weighted by atomic mass is 32.2. The number of allylic oxidation sites excluding steroid dienone is 1. The van der Waals surface area contributed by atoms with Crippen LogP contribution in [0.2, 0.25) is 0 Å². The second kappa shape index (κ2) is 6.55. The first-order chi connectivity index (χ1) is 10.7. The molecule has 2 heterocycles. The van der Waals surface area contributed by atoms with Crippen LogP contribution in [0, 0.1) is 0 Å². The molecule has 0 amide bonds. The normalized spacial score (nSPS) is 11.6. The zero-order chi connectivity index (χ0) is 17.2. The molecule has 0 saturated heterocycles. The van der Waals surface area contributed by atoms with Crippen LogP contribution in [-0.4, -0.2) is 31.7 Å². The van der Waals surface area contributed by atoms with Gasteiger partial charge in [-0.15, -0.1) is 0 Å². The van der Waals surface area contributed by atoms with Gasteiger partial charge in [-0.2, -0.15) is 8.42 Å². The monoisotopic (exact) mass is 337 g/mol. The summed E-state index contributed by atoms with van der Waals surface area (Å²) < 4.78 is 33.8. The number of rotatable bonds is 6. The van der Waals surface area contributed by atoms with Crippen molar-refractivity contribution in [2.45, 2.75) is 20.5 Å². The van der Waals surface area contributed by atoms with Crippen LogP contribution in [0.4, 0.5) is 0 Å². The van der Waals surface area contributed by atoms with Gasteiger partial charge in [0, 0.05) is 18.0 Å². The highest BCUT2D eigenvalue weighted by Crippen LogP contribution is 2.26. The number of pyridine rings is 1. The second-order valence-electron chi connectivity index (χ2n) is 5.21. The lowest BCUT2D eigenvalue weighted by Gasteiger charge is -2.05. The number of nitrogens with zero attached hydrogens (tertiary/aromatic N) is 1. The van der Waals surface area contributed by atoms with E-state index in [1.54, 1.807) is 35.9 Å². The Morgan fingerprint density at radius 2 is 2.00 bits per heavy atom. The predicted octanol–water partition coefficient (Wildman–Crippen LogP) is 2.63. The summed E-state index contributed by atoms with van der Waals surface area (Å²) in [7, 11) is -3.51. The molecule has 23 heavy (non-hydrogen) atoms. The second-order valence-corrected chi connectivity index (χ2v) is 6.86. The molecule has 6 nitrogen and oxygen atoms in total. The fourth-order valence-corrected chi connectivity index (χ4v) is 2.65. The van der Waals surface area contributed by atoms with E-state index in [-0.39, 0.29) is 13.2 Å². The van der Waals surface area contributed by atoms with E-state index in [0.29, 0.717) is 11.1 Å². The van der Waals surface area contributed by atoms with E-state index < -0.39 is 16.1 Å². The third-order valence-corrected chi connectivity index (χ3v) is 3.74. The van der Waals surface area contributed by atoms with E-state index in [2.05, 4.69) is 6.58 Å². The van der Waals surface area contributed by atoms with Gasteiger partial charge in [0.15, 0.2) is 0 Å². The highest BCUT2D eigenvalue weighted by Gasteiger charge is 2.19. The Labute approximate surface area is 135 Å². The quantitative estimate of drug-likeness (QED) is 0.598. The average Bonchev–Trinajstić information content (AvgIpc) is 2.83. The maximum absolute atomic E-state index is 12.1. The van der Waals surface area contributed by atoms with Crippen LogP contribution in [-0.2, 0) is 25.6 Å². The summed E-state index contributed by atoms with van der Waals surface area (Å²) in [5, 5.41) is 0. The Bertz CT molecular complexity index is 864. The molecule has 0 aromatic carbocycles. The summed E-state index contributed by atoms with van der Waals surface area (Å²) >= 11 is 0. The Kier molecular flexibility index (Phi) is 4.91. The fraction of sp³-hybridized carbons (Fsp3) is 0.312. The molecule has 0 bridgehead atoms. The van der Waals surface area contributed by atoms with Crippen LogP contribution < -0.4 is 0 Å². The summed E-state index contributed by atoms with van der Waals surface area (Å²) in [5.41, 5.74) is 3.36. The largest absolute Gasteiger partial charge is 0.462 e. The van der Waals surface area contributed by atoms with Gasteiger partial charge in [0.2, 0.25) is 0 Å². The smallest absolute Gasteiger partial charge is 0.340 e. The Balaban J connectivity index is 2.47. The van der Waals surface area contributed by atoms with Crippen molar-refractivity contribution in [1.29, 1.82) is 0 Å². The molecule has 0 aliphatic heterocycles. The van der Waals surface area contributed by atoms with Gasteiger partial charge in [0.05, 0.1) is 30.5 Å². The number of carbonyl (C=O) groups is 1. The molecule has 0 N–H and O–H groups in total. The minimum Gasteiger partial charge on any atom is -0.462 e. The van der Waals surface area contributed by atoms with E-state index in [1.165, 1.54) is 0 Å². The lowest BCUT2D eigenvalue weighted by molar-refractivity contribution is 0.0526. The van der Waals surface area contributed by atoms with Crippen LogP contribution in [0.1, 0.15) is 35.3 Å². The SMILES string of the molecule is C=C(C)c1c(C(=O)OCC)cn2cc(COS(C)(=O)=O)ccc12. The van der Waals surface area contributed by atoms with Gasteiger partial charge in [0.25, 0.3) is 10.1 Å². The van der Waals surface area contributed by atoms with Crippen LogP contribution in [0.15, 0.2) is 31.1 Å². The van der Waals surface area contributed by atoms with Gasteiger partial charge in [-0.05, 0) is 31.1 Å². The molecule has 0 aliphatic rings. The Morgan fingerprint density at radius 3 is 2.57 bits per heavy atom. The zero-order valence-corrected chi connectivity index (χ0v) is 14.1. The van der Waals surface area contributed by atoms with Gasteiger partial charge < -0.3 is 9.14 Å². The minimum absolute atomic E-state index is 0.0654. The van der Waals surface area contributed by atoms with E-state index >= 15 is 0 Å². The number of aromatic nitrogens is 1. The van der Waals surface area contributed by atoms with Crippen molar-refractivity contribution in [3.63, 3.8) is 0 Å². The molecule has 0 aliphatic carbocycles. The molecular formula is C16H19NO5S. The molecule has 124 valence electrons. The van der Waals surface area contributed by atoms with Gasteiger partial charge in [-0.1, -0.05) is 12.6 Å². The fourth-order valence-electron chi connectivity index (χ4n) is 2.30. The van der Waals surface area contributed by atoms with E-state index in [4.69, 9.17) is 8.92 Å². The number of fused-ring (bicyclic) bond motifs is 1. The molecule has 0 unspecified atom stereocenters. The summed E-state index contributed by atoms with van der Waals surface area (Å²) in [6.07, 6.45) is 4.37. The molecule has 0 radical (unpaired) electrons. The summed E-state index contributed by atoms with van der Waals surface area (Å²) in [6.45, 7) is 7.70. The van der Waals surface area contributed by atoms with Crippen LogP contribution in [0.3, 0.4) is 0 Å². The van der Waals surface area contributed by atoms with Crippen LogP contribution >= 0.6 is 0 Å². The molecule has 0 fully saturated rings. The van der Waals surface area contributed by atoms with E-state index in [0.717, 1.165) is 22.9 Å². The van der Waals surface area contributed by atoms with E-state index in [1.807, 2.05) is 6.92 Å². The number of hydrogen-bond donors (Lipinski definition) is 0. The molecule has 0 atom stereocenters. The summed E-state index contributed by atoms with van der Waals surface area (Å²) in [4.78, 5) is 12.1. The highest BCUT2D eigenvalue weighted by molar-refractivity contribution is 7.85. The standard InChI is InChI=1S/C16H19NO5S/c1-5-21-16(18)13-9-17-8-12(10-22-23(4,19)20)6-7-14(17)15(13)11(2)3/h6-9H,2,5,10H2,1,3-4H3. The number of hydrogen-bond acceptors (Lipinski definition) is 5. The van der Waals surface area contributed by atoms with Crippen molar-refractivity contribution in [1.82, 2.24) is 4.40 Å². The summed E-state index contributed by atoms with van der Waals surface area (Å²) in [6, 6.07) is 3.55. The molecular weight excluding hydrogens is 318 g/mol. The van der Waals surface area contributed by atoms with Gasteiger partial charge in [-0.25, -0.2) is 4.79 Å². The van der Waals surface area contributed by atoms with Gasteiger partial charge in [-0.3, -0.25) is 4.18 Å². The van der Waals surface area contributed by atoms with Crippen molar-refractivity contribution in [2.24, 2.45) is 0 Å². The lowest BCUT2D eigenvalue weighted by atomic mass is 10.1. The topological polar surface area (TPSA) is 74.1 Å².